The fourth-order valence-corrected chi connectivity index (χ4v) is 2.86. The number of halogens is 2. The minimum absolute atomic E-state index is 0. The van der Waals surface area contributed by atoms with Crippen molar-refractivity contribution in [1.82, 2.24) is 15.3 Å². The predicted molar refractivity (Wildman–Crippen MR) is 66.5 cm³/mol. The van der Waals surface area contributed by atoms with Crippen molar-refractivity contribution in [2.45, 2.75) is 11.6 Å². The van der Waals surface area contributed by atoms with Gasteiger partial charge in [-0.2, -0.15) is 0 Å². The molecular formula is C9H13Cl2N3OS. The Morgan fingerprint density at radius 2 is 2.19 bits per heavy atom. The molecule has 7 heteroatoms. The molecule has 0 saturated carbocycles. The third kappa shape index (κ3) is 3.66. The lowest BCUT2D eigenvalue weighted by molar-refractivity contribution is 0.628. The van der Waals surface area contributed by atoms with Crippen molar-refractivity contribution in [1.29, 1.82) is 0 Å². The highest BCUT2D eigenvalue weighted by molar-refractivity contribution is 7.84. The molecule has 1 aliphatic heterocycles. The summed E-state index contributed by atoms with van der Waals surface area (Å²) in [5.41, 5.74) is 0. The van der Waals surface area contributed by atoms with E-state index in [-0.39, 0.29) is 12.4 Å². The molecule has 2 unspecified atom stereocenters. The van der Waals surface area contributed by atoms with Crippen molar-refractivity contribution in [2.75, 3.05) is 18.8 Å². The fraction of sp³-hybridized carbons (Fsp3) is 0.556. The summed E-state index contributed by atoms with van der Waals surface area (Å²) in [7, 11) is -1.10. The molecule has 2 atom stereocenters. The van der Waals surface area contributed by atoms with Gasteiger partial charge in [0.05, 0.1) is 28.2 Å². The number of hydrogen-bond acceptors (Lipinski definition) is 4. The average Bonchev–Trinajstić information content (AvgIpc) is 2.71. The van der Waals surface area contributed by atoms with E-state index in [1.165, 1.54) is 12.4 Å². The average molecular weight is 282 g/mol. The first-order valence-electron chi connectivity index (χ1n) is 4.82. The predicted octanol–water partition coefficient (Wildman–Crippen LogP) is 1.27. The second-order valence-corrected chi connectivity index (χ2v) is 5.38. The SMILES string of the molecule is Cl.O=S(CC1CCNC1)c1ncc(Cl)cn1. The number of hydrogen-bond donors (Lipinski definition) is 1. The molecule has 4 nitrogen and oxygen atoms in total. The molecule has 1 fully saturated rings. The lowest BCUT2D eigenvalue weighted by atomic mass is 10.2. The summed E-state index contributed by atoms with van der Waals surface area (Å²) in [5.74, 6) is 1.11. The van der Waals surface area contributed by atoms with E-state index in [0.717, 1.165) is 19.5 Å². The van der Waals surface area contributed by atoms with Crippen LogP contribution in [0.25, 0.3) is 0 Å². The van der Waals surface area contributed by atoms with Crippen LogP contribution in [0.4, 0.5) is 0 Å². The van der Waals surface area contributed by atoms with Crippen LogP contribution < -0.4 is 5.32 Å². The maximum absolute atomic E-state index is 11.8. The molecule has 2 rings (SSSR count). The molecule has 1 aliphatic rings. The standard InChI is InChI=1S/C9H12ClN3OS.ClH/c10-8-4-12-9(13-5-8)15(14)6-7-1-2-11-3-7;/h4-5,7,11H,1-3,6H2;1H. The van der Waals surface area contributed by atoms with Crippen molar-refractivity contribution in [2.24, 2.45) is 5.92 Å². The Labute approximate surface area is 108 Å². The highest BCUT2D eigenvalue weighted by Gasteiger charge is 2.19. The first-order valence-corrected chi connectivity index (χ1v) is 6.52. The smallest absolute Gasteiger partial charge is 0.218 e. The van der Waals surface area contributed by atoms with Crippen molar-refractivity contribution in [3.05, 3.63) is 17.4 Å². The highest BCUT2D eigenvalue weighted by atomic mass is 35.5. The third-order valence-electron chi connectivity index (χ3n) is 2.35. The van der Waals surface area contributed by atoms with Gasteiger partial charge in [-0.1, -0.05) is 11.6 Å². The van der Waals surface area contributed by atoms with Gasteiger partial charge in [0.2, 0.25) is 5.16 Å². The van der Waals surface area contributed by atoms with Crippen LogP contribution in [0, 0.1) is 5.92 Å². The van der Waals surface area contributed by atoms with E-state index in [1.807, 2.05) is 0 Å². The molecule has 0 radical (unpaired) electrons. The molecule has 0 spiro atoms. The molecule has 0 aliphatic carbocycles. The molecule has 0 amide bonds. The molecule has 0 aromatic carbocycles. The summed E-state index contributed by atoms with van der Waals surface area (Å²) in [6, 6.07) is 0. The summed E-state index contributed by atoms with van der Waals surface area (Å²) in [6.07, 6.45) is 4.04. The number of nitrogens with zero attached hydrogens (tertiary/aromatic N) is 2. The maximum atomic E-state index is 11.8. The summed E-state index contributed by atoms with van der Waals surface area (Å²) in [5, 5.41) is 4.09. The van der Waals surface area contributed by atoms with Gasteiger partial charge < -0.3 is 5.32 Å². The van der Waals surface area contributed by atoms with Crippen LogP contribution in [0.2, 0.25) is 5.02 Å². The first-order chi connectivity index (χ1) is 7.25. The van der Waals surface area contributed by atoms with Gasteiger partial charge in [0.25, 0.3) is 0 Å². The monoisotopic (exact) mass is 281 g/mol. The molecule has 90 valence electrons. The van der Waals surface area contributed by atoms with E-state index in [1.54, 1.807) is 0 Å². The van der Waals surface area contributed by atoms with Crippen LogP contribution in [-0.2, 0) is 10.8 Å². The Hall–Kier alpha value is -0.230. The Morgan fingerprint density at radius 1 is 1.50 bits per heavy atom. The minimum atomic E-state index is -1.10. The van der Waals surface area contributed by atoms with Crippen molar-refractivity contribution in [3.63, 3.8) is 0 Å². The second kappa shape index (κ2) is 6.49. The van der Waals surface area contributed by atoms with Gasteiger partial charge in [0.15, 0.2) is 0 Å². The van der Waals surface area contributed by atoms with E-state index in [9.17, 15) is 4.21 Å². The zero-order chi connectivity index (χ0) is 10.7. The van der Waals surface area contributed by atoms with Gasteiger partial charge in [-0.3, -0.25) is 4.21 Å². The lowest BCUT2D eigenvalue weighted by Gasteiger charge is -2.06. The molecule has 2 heterocycles. The van der Waals surface area contributed by atoms with E-state index < -0.39 is 10.8 Å². The van der Waals surface area contributed by atoms with E-state index >= 15 is 0 Å². The molecule has 0 bridgehead atoms. The highest BCUT2D eigenvalue weighted by Crippen LogP contribution is 2.12. The van der Waals surface area contributed by atoms with Crippen LogP contribution in [0.15, 0.2) is 17.6 Å². The van der Waals surface area contributed by atoms with Crippen LogP contribution in [0.1, 0.15) is 6.42 Å². The van der Waals surface area contributed by atoms with Gasteiger partial charge >= 0.3 is 0 Å². The van der Waals surface area contributed by atoms with Crippen molar-refractivity contribution in [3.8, 4) is 0 Å². The van der Waals surface area contributed by atoms with Crippen molar-refractivity contribution >= 4 is 34.8 Å². The van der Waals surface area contributed by atoms with Gasteiger partial charge in [0, 0.05) is 5.75 Å². The third-order valence-corrected chi connectivity index (χ3v) is 3.94. The zero-order valence-corrected chi connectivity index (χ0v) is 10.9. The van der Waals surface area contributed by atoms with Gasteiger partial charge in [-0.25, -0.2) is 9.97 Å². The van der Waals surface area contributed by atoms with Crippen LogP contribution >= 0.6 is 24.0 Å². The van der Waals surface area contributed by atoms with Gasteiger partial charge in [-0.05, 0) is 25.4 Å². The van der Waals surface area contributed by atoms with Crippen LogP contribution in [0.5, 0.6) is 0 Å². The van der Waals surface area contributed by atoms with Gasteiger partial charge in [0.1, 0.15) is 0 Å². The Balaban J connectivity index is 0.00000128. The first kappa shape index (κ1) is 13.8. The molecule has 1 N–H and O–H groups in total. The Bertz CT molecular complexity index is 354. The summed E-state index contributed by atoms with van der Waals surface area (Å²) < 4.78 is 11.8. The second-order valence-electron chi connectivity index (χ2n) is 3.55. The summed E-state index contributed by atoms with van der Waals surface area (Å²) in [4.78, 5) is 7.91. The summed E-state index contributed by atoms with van der Waals surface area (Å²) in [6.45, 7) is 1.96. The topological polar surface area (TPSA) is 54.9 Å². The largest absolute Gasteiger partial charge is 0.316 e. The summed E-state index contributed by atoms with van der Waals surface area (Å²) >= 11 is 5.65. The molecule has 1 aromatic rings. The minimum Gasteiger partial charge on any atom is -0.316 e. The number of rotatable bonds is 3. The molecular weight excluding hydrogens is 269 g/mol. The van der Waals surface area contributed by atoms with E-state index in [2.05, 4.69) is 15.3 Å². The van der Waals surface area contributed by atoms with E-state index in [4.69, 9.17) is 11.6 Å². The Kier molecular flexibility index (Phi) is 5.61. The molecule has 1 aromatic heterocycles. The Morgan fingerprint density at radius 3 is 2.75 bits per heavy atom. The normalized spacial score (nSPS) is 21.4. The molecule has 16 heavy (non-hydrogen) atoms. The van der Waals surface area contributed by atoms with Crippen molar-refractivity contribution < 1.29 is 4.21 Å². The molecule has 1 saturated heterocycles. The fourth-order valence-electron chi connectivity index (χ4n) is 1.56. The zero-order valence-electron chi connectivity index (χ0n) is 8.56. The van der Waals surface area contributed by atoms with Crippen LogP contribution in [-0.4, -0.2) is 33.0 Å². The number of aromatic nitrogens is 2. The maximum Gasteiger partial charge on any atom is 0.218 e. The van der Waals surface area contributed by atoms with E-state index in [0.29, 0.717) is 21.8 Å². The number of nitrogens with one attached hydrogen (secondary N) is 1. The van der Waals surface area contributed by atoms with Crippen LogP contribution in [0.3, 0.4) is 0 Å². The van der Waals surface area contributed by atoms with Gasteiger partial charge in [-0.15, -0.1) is 12.4 Å². The lowest BCUT2D eigenvalue weighted by Crippen LogP contribution is -2.16. The quantitative estimate of drug-likeness (QED) is 0.848.